The minimum Gasteiger partial charge on any atom is -0.390 e. The fourth-order valence-electron chi connectivity index (χ4n) is 1.33. The fraction of sp³-hybridized carbons (Fsp3) is 0.100. The van der Waals surface area contributed by atoms with Crippen LogP contribution in [0.2, 0.25) is 0 Å². The summed E-state index contributed by atoms with van der Waals surface area (Å²) in [5, 5.41) is 9.08. The first-order valence-corrected chi connectivity index (χ1v) is 5.38. The molecule has 1 aromatic heterocycles. The van der Waals surface area contributed by atoms with Crippen molar-refractivity contribution in [3.8, 4) is 5.69 Å². The van der Waals surface area contributed by atoms with Gasteiger partial charge in [-0.05, 0) is 40.8 Å². The van der Waals surface area contributed by atoms with Gasteiger partial charge in [-0.1, -0.05) is 0 Å². The van der Waals surface area contributed by atoms with Crippen molar-refractivity contribution in [2.24, 2.45) is 0 Å². The van der Waals surface area contributed by atoms with Gasteiger partial charge in [0, 0.05) is 3.57 Å². The smallest absolute Gasteiger partial charge is 0.124 e. The van der Waals surface area contributed by atoms with Crippen LogP contribution in [0.15, 0.2) is 30.7 Å². The molecule has 1 N–H and O–H groups in total. The summed E-state index contributed by atoms with van der Waals surface area (Å²) in [6.07, 6.45) is 3.18. The Morgan fingerprint density at radius 2 is 2.27 bits per heavy atom. The Hall–Kier alpha value is -0.950. The maximum atomic E-state index is 12.9. The third-order valence-corrected chi connectivity index (χ3v) is 2.91. The second-order valence-electron chi connectivity index (χ2n) is 3.01. The lowest BCUT2D eigenvalue weighted by Gasteiger charge is -2.08. The monoisotopic (exact) mass is 318 g/mol. The molecule has 0 spiro atoms. The molecule has 0 aliphatic carbocycles. The maximum Gasteiger partial charge on any atom is 0.124 e. The average Bonchev–Trinajstić information content (AvgIpc) is 2.65. The predicted octanol–water partition coefficient (Wildman–Crippen LogP) is 2.11. The van der Waals surface area contributed by atoms with E-state index in [9.17, 15) is 4.39 Å². The molecule has 1 aromatic carbocycles. The standard InChI is InChI=1S/C10H8FIN2O/c11-7-1-2-10(9(12)3-7)14-6-13-4-8(14)5-15/h1-4,6,15H,5H2. The molecular formula is C10H8FIN2O. The molecule has 0 aliphatic heterocycles. The molecule has 78 valence electrons. The van der Waals surface area contributed by atoms with E-state index in [0.29, 0.717) is 5.69 Å². The SMILES string of the molecule is OCc1cncn1-c1ccc(F)cc1I. The first kappa shape index (κ1) is 10.6. The fourth-order valence-corrected chi connectivity index (χ4v) is 2.07. The topological polar surface area (TPSA) is 38.1 Å². The third kappa shape index (κ3) is 2.03. The molecule has 0 atom stereocenters. The van der Waals surface area contributed by atoms with Gasteiger partial charge in [-0.3, -0.25) is 4.57 Å². The molecule has 0 bridgehead atoms. The Morgan fingerprint density at radius 1 is 1.47 bits per heavy atom. The number of hydrogen-bond acceptors (Lipinski definition) is 2. The zero-order valence-electron chi connectivity index (χ0n) is 7.69. The van der Waals surface area contributed by atoms with Gasteiger partial charge in [0.2, 0.25) is 0 Å². The highest BCUT2D eigenvalue weighted by molar-refractivity contribution is 14.1. The van der Waals surface area contributed by atoms with E-state index in [1.54, 1.807) is 23.2 Å². The number of aromatic nitrogens is 2. The van der Waals surface area contributed by atoms with Crippen LogP contribution in [0.25, 0.3) is 5.69 Å². The normalized spacial score (nSPS) is 10.6. The highest BCUT2D eigenvalue weighted by Crippen LogP contribution is 2.19. The van der Waals surface area contributed by atoms with Crippen LogP contribution in [0.5, 0.6) is 0 Å². The van der Waals surface area contributed by atoms with Crippen molar-refractivity contribution in [1.29, 1.82) is 0 Å². The summed E-state index contributed by atoms with van der Waals surface area (Å²) in [5.74, 6) is -0.270. The van der Waals surface area contributed by atoms with E-state index in [0.717, 1.165) is 9.26 Å². The Labute approximate surface area is 99.7 Å². The first-order chi connectivity index (χ1) is 7.22. The van der Waals surface area contributed by atoms with E-state index >= 15 is 0 Å². The molecule has 5 heteroatoms. The van der Waals surface area contributed by atoms with Crippen molar-refractivity contribution >= 4 is 22.6 Å². The first-order valence-electron chi connectivity index (χ1n) is 4.30. The largest absolute Gasteiger partial charge is 0.390 e. The molecule has 2 rings (SSSR count). The second kappa shape index (κ2) is 4.28. The number of rotatable bonds is 2. The van der Waals surface area contributed by atoms with E-state index in [1.807, 2.05) is 22.6 Å². The summed E-state index contributed by atoms with van der Waals surface area (Å²) in [6, 6.07) is 4.49. The summed E-state index contributed by atoms with van der Waals surface area (Å²) < 4.78 is 15.4. The van der Waals surface area contributed by atoms with E-state index in [1.165, 1.54) is 12.1 Å². The lowest BCUT2D eigenvalue weighted by atomic mass is 10.3. The zero-order chi connectivity index (χ0) is 10.8. The van der Waals surface area contributed by atoms with Crippen molar-refractivity contribution in [2.45, 2.75) is 6.61 Å². The molecule has 3 nitrogen and oxygen atoms in total. The summed E-state index contributed by atoms with van der Waals surface area (Å²) in [7, 11) is 0. The Morgan fingerprint density at radius 3 is 2.93 bits per heavy atom. The van der Waals surface area contributed by atoms with Crippen LogP contribution in [-0.2, 0) is 6.61 Å². The summed E-state index contributed by atoms with van der Waals surface area (Å²) >= 11 is 2.05. The Kier molecular flexibility index (Phi) is 3.01. The molecular weight excluding hydrogens is 310 g/mol. The minimum absolute atomic E-state index is 0.0898. The van der Waals surface area contributed by atoms with Gasteiger partial charge in [0.1, 0.15) is 5.82 Å². The van der Waals surface area contributed by atoms with Gasteiger partial charge in [-0.2, -0.15) is 0 Å². The van der Waals surface area contributed by atoms with E-state index in [2.05, 4.69) is 4.98 Å². The van der Waals surface area contributed by atoms with Crippen LogP contribution in [0, 0.1) is 9.39 Å². The van der Waals surface area contributed by atoms with Crippen molar-refractivity contribution in [3.05, 3.63) is 45.8 Å². The van der Waals surface area contributed by atoms with Gasteiger partial charge < -0.3 is 5.11 Å². The highest BCUT2D eigenvalue weighted by atomic mass is 127. The number of halogens is 2. The quantitative estimate of drug-likeness (QED) is 0.861. The van der Waals surface area contributed by atoms with Crippen LogP contribution < -0.4 is 0 Å². The number of imidazole rings is 1. The van der Waals surface area contributed by atoms with Crippen LogP contribution in [0.3, 0.4) is 0 Å². The molecule has 0 fully saturated rings. The number of aliphatic hydroxyl groups is 1. The summed E-state index contributed by atoms with van der Waals surface area (Å²) in [6.45, 7) is -0.0898. The van der Waals surface area contributed by atoms with E-state index < -0.39 is 0 Å². The van der Waals surface area contributed by atoms with Crippen LogP contribution in [-0.4, -0.2) is 14.7 Å². The molecule has 0 saturated carbocycles. The van der Waals surface area contributed by atoms with Crippen molar-refractivity contribution in [2.75, 3.05) is 0 Å². The Bertz CT molecular complexity index is 484. The van der Waals surface area contributed by atoms with Crippen molar-refractivity contribution in [1.82, 2.24) is 9.55 Å². The third-order valence-electron chi connectivity index (χ3n) is 2.05. The summed E-state index contributed by atoms with van der Waals surface area (Å²) in [4.78, 5) is 3.94. The lowest BCUT2D eigenvalue weighted by Crippen LogP contribution is -2.01. The predicted molar refractivity (Wildman–Crippen MR) is 62.2 cm³/mol. The number of benzene rings is 1. The number of aliphatic hydroxyl groups excluding tert-OH is 1. The molecule has 15 heavy (non-hydrogen) atoms. The maximum absolute atomic E-state index is 12.9. The molecule has 0 amide bonds. The number of hydrogen-bond donors (Lipinski definition) is 1. The highest BCUT2D eigenvalue weighted by Gasteiger charge is 2.07. The molecule has 1 heterocycles. The van der Waals surface area contributed by atoms with Crippen LogP contribution >= 0.6 is 22.6 Å². The van der Waals surface area contributed by atoms with Crippen molar-refractivity contribution in [3.63, 3.8) is 0 Å². The zero-order valence-corrected chi connectivity index (χ0v) is 9.85. The Balaban J connectivity index is 2.54. The lowest BCUT2D eigenvalue weighted by molar-refractivity contribution is 0.274. The molecule has 0 unspecified atom stereocenters. The van der Waals surface area contributed by atoms with Gasteiger partial charge >= 0.3 is 0 Å². The van der Waals surface area contributed by atoms with Crippen LogP contribution in [0.1, 0.15) is 5.69 Å². The van der Waals surface area contributed by atoms with E-state index in [4.69, 9.17) is 5.11 Å². The minimum atomic E-state index is -0.270. The second-order valence-corrected chi connectivity index (χ2v) is 4.17. The van der Waals surface area contributed by atoms with Gasteiger partial charge in [0.05, 0.1) is 30.5 Å². The summed E-state index contributed by atoms with van der Waals surface area (Å²) in [5.41, 5.74) is 1.50. The van der Waals surface area contributed by atoms with Gasteiger partial charge in [-0.15, -0.1) is 0 Å². The van der Waals surface area contributed by atoms with Gasteiger partial charge in [-0.25, -0.2) is 9.37 Å². The molecule has 2 aromatic rings. The average molecular weight is 318 g/mol. The van der Waals surface area contributed by atoms with Gasteiger partial charge in [0.25, 0.3) is 0 Å². The molecule has 0 saturated heterocycles. The molecule has 0 radical (unpaired) electrons. The van der Waals surface area contributed by atoms with Crippen molar-refractivity contribution < 1.29 is 9.50 Å². The van der Waals surface area contributed by atoms with E-state index in [-0.39, 0.29) is 12.4 Å². The number of nitrogens with zero attached hydrogens (tertiary/aromatic N) is 2. The molecule has 0 aliphatic rings. The van der Waals surface area contributed by atoms with Gasteiger partial charge in [0.15, 0.2) is 0 Å². The van der Waals surface area contributed by atoms with Crippen LogP contribution in [0.4, 0.5) is 4.39 Å².